The van der Waals surface area contributed by atoms with E-state index in [4.69, 9.17) is 19.9 Å². The molecule has 0 bridgehead atoms. The van der Waals surface area contributed by atoms with Crippen LogP contribution in [0.25, 0.3) is 98.8 Å². The molecule has 0 amide bonds. The Morgan fingerprint density at radius 1 is 0.280 bits per heavy atom. The Kier molecular flexibility index (Phi) is 6.27. The van der Waals surface area contributed by atoms with E-state index in [1.807, 2.05) is 0 Å². The van der Waals surface area contributed by atoms with Crippen molar-refractivity contribution in [3.63, 3.8) is 0 Å². The second kappa shape index (κ2) is 11.0. The summed E-state index contributed by atoms with van der Waals surface area (Å²) in [7, 11) is 0. The van der Waals surface area contributed by atoms with Gasteiger partial charge >= 0.3 is 0 Å². The lowest BCUT2D eigenvalue weighted by molar-refractivity contribution is 1.20. The van der Waals surface area contributed by atoms with Crippen LogP contribution in [-0.4, -0.2) is 19.9 Å². The summed E-state index contributed by atoms with van der Waals surface area (Å²) in [6.45, 7) is 4.13. The first kappa shape index (κ1) is 28.5. The third-order valence-electron chi connectivity index (χ3n) is 10.1. The number of benzene rings is 8. The Balaban J connectivity index is 1.11. The summed E-state index contributed by atoms with van der Waals surface area (Å²) in [6, 6.07) is 51.3. The number of aromatic nitrogens is 4. The number of fused-ring (bicyclic) bond motifs is 12. The predicted octanol–water partition coefficient (Wildman–Crippen LogP) is 11.8. The van der Waals surface area contributed by atoms with Crippen molar-refractivity contribution >= 4 is 65.2 Å². The van der Waals surface area contributed by atoms with Gasteiger partial charge in [-0.15, -0.1) is 0 Å². The van der Waals surface area contributed by atoms with Gasteiger partial charge in [0, 0.05) is 32.7 Å². The molecule has 0 N–H and O–H groups in total. The number of aryl methyl sites for hydroxylation is 2. The first-order valence-corrected chi connectivity index (χ1v) is 17.0. The fourth-order valence-corrected chi connectivity index (χ4v) is 7.73. The fraction of sp³-hybridized carbons (Fsp3) is 0.0435. The lowest BCUT2D eigenvalue weighted by Crippen LogP contribution is -1.97. The van der Waals surface area contributed by atoms with Crippen molar-refractivity contribution in [2.45, 2.75) is 13.8 Å². The summed E-state index contributed by atoms with van der Waals surface area (Å²) in [5, 5.41) is 9.28. The van der Waals surface area contributed by atoms with Crippen LogP contribution in [0.2, 0.25) is 0 Å². The van der Waals surface area contributed by atoms with Gasteiger partial charge in [0.1, 0.15) is 0 Å². The van der Waals surface area contributed by atoms with Crippen LogP contribution in [0, 0.1) is 13.8 Å². The van der Waals surface area contributed by atoms with E-state index in [-0.39, 0.29) is 0 Å². The fourth-order valence-electron chi connectivity index (χ4n) is 7.73. The molecule has 0 aliphatic rings. The Labute approximate surface area is 288 Å². The summed E-state index contributed by atoms with van der Waals surface area (Å²) in [6.07, 6.45) is 0. The van der Waals surface area contributed by atoms with Crippen LogP contribution in [0.5, 0.6) is 0 Å². The summed E-state index contributed by atoms with van der Waals surface area (Å²) < 4.78 is 0. The molecule has 4 nitrogen and oxygen atoms in total. The van der Waals surface area contributed by atoms with E-state index >= 15 is 0 Å². The highest BCUT2D eigenvalue weighted by molar-refractivity contribution is 6.24. The Morgan fingerprint density at radius 2 is 0.560 bits per heavy atom. The minimum Gasteiger partial charge on any atom is -0.249 e. The molecule has 234 valence electrons. The largest absolute Gasteiger partial charge is 0.249 e. The SMILES string of the molecule is Cc1nc2c3ccccc3c3ccccc3c2nc1-c1cccc(-c2cccc(-c3nc4c5ccccc5c5ccccc5c4nc3C)c2)c1. The maximum Gasteiger partial charge on any atom is 0.0979 e. The minimum atomic E-state index is 0.895. The highest BCUT2D eigenvalue weighted by Crippen LogP contribution is 2.38. The van der Waals surface area contributed by atoms with E-state index in [1.54, 1.807) is 0 Å². The molecule has 2 aromatic heterocycles. The third kappa shape index (κ3) is 4.32. The van der Waals surface area contributed by atoms with Gasteiger partial charge in [0.2, 0.25) is 0 Å². The lowest BCUT2D eigenvalue weighted by atomic mass is 9.96. The van der Waals surface area contributed by atoms with Crippen LogP contribution in [0.3, 0.4) is 0 Å². The van der Waals surface area contributed by atoms with Gasteiger partial charge in [-0.1, -0.05) is 133 Å². The molecule has 0 radical (unpaired) electrons. The van der Waals surface area contributed by atoms with E-state index in [1.165, 1.54) is 21.5 Å². The second-order valence-corrected chi connectivity index (χ2v) is 13.1. The Bertz CT molecular complexity index is 2810. The summed E-state index contributed by atoms with van der Waals surface area (Å²) in [4.78, 5) is 21.0. The molecule has 0 atom stereocenters. The highest BCUT2D eigenvalue weighted by Gasteiger charge is 2.17. The maximum absolute atomic E-state index is 5.33. The van der Waals surface area contributed by atoms with Crippen LogP contribution in [0.15, 0.2) is 146 Å². The monoisotopic (exact) mass is 638 g/mol. The van der Waals surface area contributed by atoms with Crippen molar-refractivity contribution in [2.24, 2.45) is 0 Å². The molecule has 50 heavy (non-hydrogen) atoms. The zero-order valence-electron chi connectivity index (χ0n) is 27.6. The number of rotatable bonds is 3. The van der Waals surface area contributed by atoms with Crippen molar-refractivity contribution in [1.29, 1.82) is 0 Å². The molecular weight excluding hydrogens is 609 g/mol. The second-order valence-electron chi connectivity index (χ2n) is 13.1. The zero-order valence-corrected chi connectivity index (χ0v) is 27.6. The third-order valence-corrected chi connectivity index (χ3v) is 10.1. The predicted molar refractivity (Wildman–Crippen MR) is 208 cm³/mol. The molecule has 0 aliphatic heterocycles. The first-order chi connectivity index (χ1) is 24.6. The molecule has 0 saturated heterocycles. The smallest absolute Gasteiger partial charge is 0.0979 e. The maximum atomic E-state index is 5.33. The van der Waals surface area contributed by atoms with Crippen LogP contribution >= 0.6 is 0 Å². The minimum absolute atomic E-state index is 0.895. The van der Waals surface area contributed by atoms with Crippen molar-refractivity contribution in [1.82, 2.24) is 19.9 Å². The zero-order chi connectivity index (χ0) is 33.3. The van der Waals surface area contributed by atoms with E-state index < -0.39 is 0 Å². The summed E-state index contributed by atoms with van der Waals surface area (Å²) in [5.74, 6) is 0. The van der Waals surface area contributed by atoms with E-state index in [9.17, 15) is 0 Å². The molecule has 0 aliphatic carbocycles. The van der Waals surface area contributed by atoms with Crippen molar-refractivity contribution < 1.29 is 0 Å². The first-order valence-electron chi connectivity index (χ1n) is 17.0. The van der Waals surface area contributed by atoms with Gasteiger partial charge in [-0.25, -0.2) is 19.9 Å². The molecule has 0 saturated carbocycles. The van der Waals surface area contributed by atoms with E-state index in [0.29, 0.717) is 0 Å². The normalized spacial score (nSPS) is 11.8. The molecule has 0 fully saturated rings. The molecule has 4 heteroatoms. The molecule has 2 heterocycles. The molecule has 0 spiro atoms. The average molecular weight is 639 g/mol. The van der Waals surface area contributed by atoms with Gasteiger partial charge in [0.15, 0.2) is 0 Å². The summed E-state index contributed by atoms with van der Waals surface area (Å²) >= 11 is 0. The van der Waals surface area contributed by atoms with Gasteiger partial charge in [-0.05, 0) is 58.7 Å². The van der Waals surface area contributed by atoms with Crippen molar-refractivity contribution in [2.75, 3.05) is 0 Å². The molecule has 8 aromatic carbocycles. The standard InChI is InChI=1S/C46H30N4/c1-27-41(49-45-39-23-9-5-19-35(39)33-17-3-7-21-37(33)43(45)47-27)31-15-11-13-29(25-31)30-14-12-16-32(26-30)42-28(2)48-44-38-22-8-4-18-34(38)36-20-6-10-24-40(36)46(44)50-42/h3-26H,1-2H3. The van der Waals surface area contributed by atoms with Crippen molar-refractivity contribution in [3.05, 3.63) is 157 Å². The van der Waals surface area contributed by atoms with Crippen molar-refractivity contribution in [3.8, 4) is 33.6 Å². The van der Waals surface area contributed by atoms with Gasteiger partial charge < -0.3 is 0 Å². The van der Waals surface area contributed by atoms with Gasteiger partial charge in [0.25, 0.3) is 0 Å². The van der Waals surface area contributed by atoms with Crippen LogP contribution in [-0.2, 0) is 0 Å². The molecule has 10 rings (SSSR count). The Morgan fingerprint density at radius 3 is 0.900 bits per heavy atom. The van der Waals surface area contributed by atoms with Gasteiger partial charge in [-0.2, -0.15) is 0 Å². The number of hydrogen-bond acceptors (Lipinski definition) is 4. The van der Waals surface area contributed by atoms with Gasteiger partial charge in [-0.3, -0.25) is 0 Å². The lowest BCUT2D eigenvalue weighted by Gasteiger charge is -2.14. The van der Waals surface area contributed by atoms with Crippen LogP contribution < -0.4 is 0 Å². The van der Waals surface area contributed by atoms with E-state index in [0.717, 1.165) is 88.6 Å². The van der Waals surface area contributed by atoms with Crippen LogP contribution in [0.1, 0.15) is 11.4 Å². The number of hydrogen-bond donors (Lipinski definition) is 0. The topological polar surface area (TPSA) is 51.6 Å². The quantitative estimate of drug-likeness (QED) is 0.181. The Hall–Kier alpha value is -6.52. The summed E-state index contributed by atoms with van der Waals surface area (Å²) in [5.41, 5.74) is 11.6. The molecule has 0 unspecified atom stereocenters. The van der Waals surface area contributed by atoms with Gasteiger partial charge in [0.05, 0.1) is 44.8 Å². The van der Waals surface area contributed by atoms with Crippen LogP contribution in [0.4, 0.5) is 0 Å². The number of nitrogens with zero attached hydrogens (tertiary/aromatic N) is 4. The average Bonchev–Trinajstić information content (AvgIpc) is 3.18. The highest BCUT2D eigenvalue weighted by atomic mass is 14.8. The van der Waals surface area contributed by atoms with E-state index in [2.05, 4.69) is 159 Å². The molecular formula is C46H30N4. The molecule has 10 aromatic rings.